The zero-order valence-corrected chi connectivity index (χ0v) is 20.1. The average Bonchev–Trinajstić information content (AvgIpc) is 2.93. The first-order valence-electron chi connectivity index (χ1n) is 11.9. The van der Waals surface area contributed by atoms with Crippen LogP contribution in [0.25, 0.3) is 10.8 Å². The van der Waals surface area contributed by atoms with Crippen LogP contribution >= 0.6 is 0 Å². The van der Waals surface area contributed by atoms with Gasteiger partial charge in [-0.1, -0.05) is 42.5 Å². The second-order valence-electron chi connectivity index (χ2n) is 8.67. The summed E-state index contributed by atoms with van der Waals surface area (Å²) in [4.78, 5) is 29.6. The Kier molecular flexibility index (Phi) is 6.71. The van der Waals surface area contributed by atoms with E-state index < -0.39 is 0 Å². The lowest BCUT2D eigenvalue weighted by molar-refractivity contribution is 0.0747. The molecule has 0 bridgehead atoms. The van der Waals surface area contributed by atoms with E-state index in [2.05, 4.69) is 21.6 Å². The van der Waals surface area contributed by atoms with Crippen LogP contribution in [0, 0.1) is 0 Å². The molecule has 0 aliphatic carbocycles. The molecule has 7 heteroatoms. The average molecular weight is 481 g/mol. The first-order valence-corrected chi connectivity index (χ1v) is 11.9. The van der Waals surface area contributed by atoms with Gasteiger partial charge in [0.2, 0.25) is 0 Å². The Balaban J connectivity index is 1.16. The number of urea groups is 1. The van der Waals surface area contributed by atoms with Crippen LogP contribution < -0.4 is 20.3 Å². The highest BCUT2D eigenvalue weighted by Gasteiger charge is 2.22. The molecule has 3 amide bonds. The van der Waals surface area contributed by atoms with Gasteiger partial charge in [0.05, 0.1) is 12.8 Å². The number of ether oxygens (including phenoxy) is 1. The summed E-state index contributed by atoms with van der Waals surface area (Å²) in [6.45, 7) is 2.82. The Hall–Kier alpha value is -4.52. The number of hydrogen-bond acceptors (Lipinski definition) is 4. The van der Waals surface area contributed by atoms with E-state index in [1.54, 1.807) is 19.2 Å². The minimum Gasteiger partial charge on any atom is -0.495 e. The Bertz CT molecular complexity index is 1380. The van der Waals surface area contributed by atoms with E-state index in [1.165, 1.54) is 0 Å². The maximum atomic E-state index is 13.1. The molecule has 1 fully saturated rings. The minimum absolute atomic E-state index is 0.0704. The molecule has 7 nitrogen and oxygen atoms in total. The van der Waals surface area contributed by atoms with Crippen molar-refractivity contribution in [2.45, 2.75) is 0 Å². The molecule has 0 unspecified atom stereocenters. The van der Waals surface area contributed by atoms with Gasteiger partial charge in [-0.25, -0.2) is 4.79 Å². The van der Waals surface area contributed by atoms with Crippen molar-refractivity contribution in [1.82, 2.24) is 4.90 Å². The number of para-hydroxylation sites is 2. The second kappa shape index (κ2) is 10.4. The Labute approximate surface area is 210 Å². The fraction of sp³-hybridized carbons (Fsp3) is 0.172. The number of carbonyl (C=O) groups is 2. The summed E-state index contributed by atoms with van der Waals surface area (Å²) in [6.07, 6.45) is 0. The van der Waals surface area contributed by atoms with Crippen molar-refractivity contribution in [1.29, 1.82) is 0 Å². The zero-order chi connectivity index (χ0) is 24.9. The normalized spacial score (nSPS) is 13.4. The fourth-order valence-corrected chi connectivity index (χ4v) is 4.46. The number of anilines is 3. The minimum atomic E-state index is -0.340. The first-order chi connectivity index (χ1) is 17.6. The number of piperazine rings is 1. The number of nitrogens with one attached hydrogen (secondary N) is 2. The Morgan fingerprint density at radius 3 is 2.19 bits per heavy atom. The summed E-state index contributed by atoms with van der Waals surface area (Å²) in [5, 5.41) is 7.86. The van der Waals surface area contributed by atoms with Crippen molar-refractivity contribution in [2.75, 3.05) is 48.8 Å². The summed E-state index contributed by atoms with van der Waals surface area (Å²) < 4.78 is 5.27. The maximum absolute atomic E-state index is 13.1. The monoisotopic (exact) mass is 480 g/mol. The molecule has 36 heavy (non-hydrogen) atoms. The molecule has 0 spiro atoms. The molecule has 2 N–H and O–H groups in total. The van der Waals surface area contributed by atoms with Gasteiger partial charge in [0.15, 0.2) is 0 Å². The summed E-state index contributed by atoms with van der Waals surface area (Å²) in [5.74, 6) is 0.669. The van der Waals surface area contributed by atoms with Crippen LogP contribution in [0.3, 0.4) is 0 Å². The van der Waals surface area contributed by atoms with Crippen LogP contribution in [-0.4, -0.2) is 50.1 Å². The second-order valence-corrected chi connectivity index (χ2v) is 8.67. The third kappa shape index (κ3) is 5.10. The van der Waals surface area contributed by atoms with Crippen molar-refractivity contribution >= 4 is 39.8 Å². The van der Waals surface area contributed by atoms with E-state index in [0.717, 1.165) is 35.1 Å². The summed E-state index contributed by atoms with van der Waals surface area (Å²) in [5.41, 5.74) is 3.08. The third-order valence-corrected chi connectivity index (χ3v) is 6.41. The lowest BCUT2D eigenvalue weighted by Gasteiger charge is -2.36. The molecule has 0 aromatic heterocycles. The number of benzene rings is 4. The van der Waals surface area contributed by atoms with Gasteiger partial charge in [-0.3, -0.25) is 4.79 Å². The number of methoxy groups -OCH3 is 1. The van der Waals surface area contributed by atoms with Crippen molar-refractivity contribution in [3.8, 4) is 5.75 Å². The van der Waals surface area contributed by atoms with Crippen molar-refractivity contribution in [3.63, 3.8) is 0 Å². The third-order valence-electron chi connectivity index (χ3n) is 6.41. The Morgan fingerprint density at radius 2 is 1.44 bits per heavy atom. The summed E-state index contributed by atoms with van der Waals surface area (Å²) in [7, 11) is 1.57. The highest BCUT2D eigenvalue weighted by molar-refractivity contribution is 6.01. The highest BCUT2D eigenvalue weighted by atomic mass is 16.5. The predicted octanol–water partition coefficient (Wildman–Crippen LogP) is 5.45. The van der Waals surface area contributed by atoms with Crippen molar-refractivity contribution in [3.05, 3.63) is 96.6 Å². The van der Waals surface area contributed by atoms with Gasteiger partial charge < -0.3 is 25.2 Å². The largest absolute Gasteiger partial charge is 0.495 e. The van der Waals surface area contributed by atoms with E-state index in [0.29, 0.717) is 30.2 Å². The fourth-order valence-electron chi connectivity index (χ4n) is 4.46. The highest BCUT2D eigenvalue weighted by Crippen LogP contribution is 2.24. The lowest BCUT2D eigenvalue weighted by Crippen LogP contribution is -2.48. The standard InChI is InChI=1S/C29H28N4O3/c1-36-27-9-5-4-8-26(27)31-29(35)30-24-12-14-25(15-13-24)32-16-18-33(19-17-32)28(34)23-11-10-21-6-2-3-7-22(21)20-23/h2-15,20H,16-19H2,1H3,(H2,30,31,35). The van der Waals surface area contributed by atoms with Crippen LogP contribution in [0.1, 0.15) is 10.4 Å². The SMILES string of the molecule is COc1ccccc1NC(=O)Nc1ccc(N2CCN(C(=O)c3ccc4ccccc4c3)CC2)cc1. The van der Waals surface area contributed by atoms with Crippen molar-refractivity contribution < 1.29 is 14.3 Å². The van der Waals surface area contributed by atoms with Gasteiger partial charge in [-0.15, -0.1) is 0 Å². The molecule has 1 aliphatic heterocycles. The van der Waals surface area contributed by atoms with Crippen LogP contribution in [0.2, 0.25) is 0 Å². The van der Waals surface area contributed by atoms with Gasteiger partial charge in [-0.2, -0.15) is 0 Å². The quantitative estimate of drug-likeness (QED) is 0.398. The van der Waals surface area contributed by atoms with E-state index in [1.807, 2.05) is 77.7 Å². The number of amides is 3. The summed E-state index contributed by atoms with van der Waals surface area (Å²) in [6, 6.07) is 28.6. The van der Waals surface area contributed by atoms with E-state index in [9.17, 15) is 9.59 Å². The topological polar surface area (TPSA) is 73.9 Å². The van der Waals surface area contributed by atoms with E-state index in [4.69, 9.17) is 4.74 Å². The van der Waals surface area contributed by atoms with Crippen LogP contribution in [0.4, 0.5) is 21.9 Å². The number of fused-ring (bicyclic) bond motifs is 1. The maximum Gasteiger partial charge on any atom is 0.323 e. The molecule has 0 saturated carbocycles. The number of nitrogens with zero attached hydrogens (tertiary/aromatic N) is 2. The van der Waals surface area contributed by atoms with Crippen LogP contribution in [0.5, 0.6) is 5.75 Å². The summed E-state index contributed by atoms with van der Waals surface area (Å²) >= 11 is 0. The Morgan fingerprint density at radius 1 is 0.750 bits per heavy atom. The van der Waals surface area contributed by atoms with E-state index in [-0.39, 0.29) is 11.9 Å². The first kappa shape index (κ1) is 23.2. The van der Waals surface area contributed by atoms with Crippen molar-refractivity contribution in [2.24, 2.45) is 0 Å². The van der Waals surface area contributed by atoms with Gasteiger partial charge >= 0.3 is 6.03 Å². The molecule has 4 aromatic rings. The van der Waals surface area contributed by atoms with Gasteiger partial charge in [-0.05, 0) is 59.3 Å². The molecular weight excluding hydrogens is 452 g/mol. The lowest BCUT2D eigenvalue weighted by atomic mass is 10.1. The van der Waals surface area contributed by atoms with Gasteiger partial charge in [0.25, 0.3) is 5.91 Å². The molecule has 1 aliphatic rings. The zero-order valence-electron chi connectivity index (χ0n) is 20.1. The van der Waals surface area contributed by atoms with Crippen LogP contribution in [0.15, 0.2) is 91.0 Å². The molecule has 0 atom stereocenters. The molecule has 5 rings (SSSR count). The molecule has 182 valence electrons. The molecule has 0 radical (unpaired) electrons. The number of hydrogen-bond donors (Lipinski definition) is 2. The van der Waals surface area contributed by atoms with E-state index >= 15 is 0 Å². The molecule has 1 saturated heterocycles. The van der Waals surface area contributed by atoms with Gasteiger partial charge in [0.1, 0.15) is 5.75 Å². The molecular formula is C29H28N4O3. The molecule has 4 aromatic carbocycles. The number of rotatable bonds is 5. The van der Waals surface area contributed by atoms with Gasteiger partial charge in [0, 0.05) is 43.1 Å². The smallest absolute Gasteiger partial charge is 0.323 e. The van der Waals surface area contributed by atoms with Crippen LogP contribution in [-0.2, 0) is 0 Å². The molecule has 1 heterocycles. The predicted molar refractivity (Wildman–Crippen MR) is 144 cm³/mol. The number of carbonyl (C=O) groups excluding carboxylic acids is 2.